The Hall–Kier alpha value is -2.30. The second-order valence-corrected chi connectivity index (χ2v) is 7.05. The number of hydrogen-bond donors (Lipinski definition) is 0. The van der Waals surface area contributed by atoms with Crippen LogP contribution in [0.1, 0.15) is 24.4 Å². The van der Waals surface area contributed by atoms with Crippen molar-refractivity contribution >= 4 is 5.91 Å². The van der Waals surface area contributed by atoms with Gasteiger partial charge in [0, 0.05) is 39.3 Å². The van der Waals surface area contributed by atoms with Crippen molar-refractivity contribution < 1.29 is 14.3 Å². The van der Waals surface area contributed by atoms with Crippen LogP contribution in [-0.2, 0) is 4.79 Å². The maximum atomic E-state index is 12.3. The number of nitriles is 1. The largest absolute Gasteiger partial charge is 0.493 e. The lowest BCUT2D eigenvalue weighted by molar-refractivity contribution is -0.131. The molecule has 7 nitrogen and oxygen atoms in total. The highest BCUT2D eigenvalue weighted by atomic mass is 16.5. The van der Waals surface area contributed by atoms with Gasteiger partial charge in [0.1, 0.15) is 6.04 Å². The lowest BCUT2D eigenvalue weighted by Crippen LogP contribution is -2.50. The number of ether oxygens (including phenoxy) is 2. The van der Waals surface area contributed by atoms with Gasteiger partial charge in [0.25, 0.3) is 0 Å². The minimum atomic E-state index is -0.332. The van der Waals surface area contributed by atoms with Crippen LogP contribution in [-0.4, -0.2) is 80.6 Å². The smallest absolute Gasteiger partial charge is 0.236 e. The minimum absolute atomic E-state index is 0.234. The lowest BCUT2D eigenvalue weighted by atomic mass is 10.0. The molecule has 2 heterocycles. The molecule has 0 saturated carbocycles. The summed E-state index contributed by atoms with van der Waals surface area (Å²) in [5, 5.41) is 9.74. The number of rotatable bonds is 6. The van der Waals surface area contributed by atoms with E-state index < -0.39 is 0 Å². The average Bonchev–Trinajstić information content (AvgIpc) is 3.24. The van der Waals surface area contributed by atoms with E-state index in [1.807, 2.05) is 23.1 Å². The van der Waals surface area contributed by atoms with Crippen molar-refractivity contribution in [2.75, 3.05) is 60.0 Å². The van der Waals surface area contributed by atoms with Crippen molar-refractivity contribution in [2.24, 2.45) is 0 Å². The van der Waals surface area contributed by atoms with Crippen LogP contribution in [0.2, 0.25) is 0 Å². The van der Waals surface area contributed by atoms with Crippen LogP contribution in [0.5, 0.6) is 11.5 Å². The first kappa shape index (κ1) is 19.5. The monoisotopic (exact) mass is 372 g/mol. The van der Waals surface area contributed by atoms with Gasteiger partial charge in [0.05, 0.1) is 26.8 Å². The summed E-state index contributed by atoms with van der Waals surface area (Å²) >= 11 is 0. The molecular weight excluding hydrogens is 344 g/mol. The van der Waals surface area contributed by atoms with E-state index in [1.165, 1.54) is 0 Å². The van der Waals surface area contributed by atoms with Gasteiger partial charge in [0.15, 0.2) is 11.5 Å². The number of nitrogens with zero attached hydrogens (tertiary/aromatic N) is 4. The van der Waals surface area contributed by atoms with E-state index in [9.17, 15) is 10.1 Å². The molecule has 0 bridgehead atoms. The summed E-state index contributed by atoms with van der Waals surface area (Å²) in [7, 11) is 3.20. The highest BCUT2D eigenvalue weighted by molar-refractivity contribution is 5.78. The molecule has 1 aromatic carbocycles. The summed E-state index contributed by atoms with van der Waals surface area (Å²) in [6.07, 6.45) is 2.24. The van der Waals surface area contributed by atoms with Gasteiger partial charge in [-0.3, -0.25) is 14.6 Å². The van der Waals surface area contributed by atoms with Gasteiger partial charge in [-0.1, -0.05) is 6.07 Å². The molecule has 146 valence electrons. The zero-order chi connectivity index (χ0) is 19.2. The second-order valence-electron chi connectivity index (χ2n) is 7.05. The summed E-state index contributed by atoms with van der Waals surface area (Å²) in [4.78, 5) is 18.7. The van der Waals surface area contributed by atoms with E-state index in [0.29, 0.717) is 18.0 Å². The van der Waals surface area contributed by atoms with E-state index in [4.69, 9.17) is 9.47 Å². The van der Waals surface area contributed by atoms with E-state index in [1.54, 1.807) is 14.2 Å². The zero-order valence-corrected chi connectivity index (χ0v) is 16.2. The first-order valence-electron chi connectivity index (χ1n) is 9.52. The maximum Gasteiger partial charge on any atom is 0.236 e. The molecule has 0 N–H and O–H groups in total. The third-order valence-electron chi connectivity index (χ3n) is 5.44. The molecule has 0 spiro atoms. The summed E-state index contributed by atoms with van der Waals surface area (Å²) in [5.74, 6) is 1.52. The van der Waals surface area contributed by atoms with Crippen LogP contribution < -0.4 is 9.47 Å². The highest BCUT2D eigenvalue weighted by Gasteiger charge is 2.28. The van der Waals surface area contributed by atoms with Crippen molar-refractivity contribution in [1.82, 2.24) is 14.7 Å². The van der Waals surface area contributed by atoms with Gasteiger partial charge < -0.3 is 14.4 Å². The molecule has 2 aliphatic heterocycles. The fourth-order valence-electron chi connectivity index (χ4n) is 3.83. The molecule has 0 radical (unpaired) electrons. The molecule has 2 aliphatic rings. The molecule has 3 rings (SSSR count). The molecule has 2 saturated heterocycles. The third-order valence-corrected chi connectivity index (χ3v) is 5.44. The summed E-state index contributed by atoms with van der Waals surface area (Å²) in [5.41, 5.74) is 0.900. The number of amides is 1. The van der Waals surface area contributed by atoms with Gasteiger partial charge >= 0.3 is 0 Å². The van der Waals surface area contributed by atoms with Crippen LogP contribution in [0.3, 0.4) is 0 Å². The predicted molar refractivity (Wildman–Crippen MR) is 102 cm³/mol. The van der Waals surface area contributed by atoms with Crippen LogP contribution >= 0.6 is 0 Å². The van der Waals surface area contributed by atoms with Gasteiger partial charge in [-0.2, -0.15) is 5.26 Å². The highest BCUT2D eigenvalue weighted by Crippen LogP contribution is 2.32. The normalized spacial score (nSPS) is 19.5. The number of piperazine rings is 1. The van der Waals surface area contributed by atoms with Crippen molar-refractivity contribution in [3.05, 3.63) is 23.8 Å². The van der Waals surface area contributed by atoms with Crippen molar-refractivity contribution in [3.8, 4) is 17.6 Å². The molecule has 27 heavy (non-hydrogen) atoms. The fraction of sp³-hybridized carbons (Fsp3) is 0.600. The first-order chi connectivity index (χ1) is 13.2. The Labute approximate surface area is 161 Å². The topological polar surface area (TPSA) is 69.0 Å². The van der Waals surface area contributed by atoms with Crippen molar-refractivity contribution in [2.45, 2.75) is 18.9 Å². The Bertz CT molecular complexity index is 689. The quantitative estimate of drug-likeness (QED) is 0.754. The Balaban J connectivity index is 1.59. The summed E-state index contributed by atoms with van der Waals surface area (Å²) in [6, 6.07) is 7.70. The van der Waals surface area contributed by atoms with Gasteiger partial charge in [-0.15, -0.1) is 0 Å². The molecule has 1 amide bonds. The standard InChI is InChI=1S/C20H28N4O3/c1-26-18-6-5-16(13-19(18)27-2)17(14-21)23-11-9-22(10-12-23)15-20(25)24-7-3-4-8-24/h5-6,13,17H,3-4,7-12,15H2,1-2H3. The predicted octanol–water partition coefficient (Wildman–Crippen LogP) is 1.51. The van der Waals surface area contributed by atoms with Crippen LogP contribution in [0.15, 0.2) is 18.2 Å². The van der Waals surface area contributed by atoms with E-state index in [0.717, 1.165) is 57.7 Å². The van der Waals surface area contributed by atoms with E-state index >= 15 is 0 Å². The Morgan fingerprint density at radius 3 is 2.33 bits per heavy atom. The number of hydrogen-bond acceptors (Lipinski definition) is 6. The van der Waals surface area contributed by atoms with Crippen LogP contribution in [0.4, 0.5) is 0 Å². The molecule has 2 fully saturated rings. The molecule has 1 atom stereocenters. The van der Waals surface area contributed by atoms with Gasteiger partial charge in [-0.05, 0) is 30.5 Å². The Morgan fingerprint density at radius 1 is 1.07 bits per heavy atom. The molecule has 0 aliphatic carbocycles. The fourth-order valence-corrected chi connectivity index (χ4v) is 3.83. The maximum absolute atomic E-state index is 12.3. The van der Waals surface area contributed by atoms with E-state index in [-0.39, 0.29) is 11.9 Å². The number of likely N-dealkylation sites (tertiary alicyclic amines) is 1. The Kier molecular flexibility index (Phi) is 6.54. The van der Waals surface area contributed by atoms with Crippen LogP contribution in [0, 0.1) is 11.3 Å². The van der Waals surface area contributed by atoms with Crippen LogP contribution in [0.25, 0.3) is 0 Å². The van der Waals surface area contributed by atoms with Gasteiger partial charge in [-0.25, -0.2) is 0 Å². The molecule has 1 aromatic rings. The Morgan fingerprint density at radius 2 is 1.74 bits per heavy atom. The number of carbonyl (C=O) groups excluding carboxylic acids is 1. The zero-order valence-electron chi connectivity index (χ0n) is 16.2. The average molecular weight is 372 g/mol. The molecule has 0 aromatic heterocycles. The number of methoxy groups -OCH3 is 2. The first-order valence-corrected chi connectivity index (χ1v) is 9.52. The third kappa shape index (κ3) is 4.52. The lowest BCUT2D eigenvalue weighted by Gasteiger charge is -2.37. The van der Waals surface area contributed by atoms with E-state index in [2.05, 4.69) is 15.9 Å². The van der Waals surface area contributed by atoms with Crippen molar-refractivity contribution in [1.29, 1.82) is 5.26 Å². The summed E-state index contributed by atoms with van der Waals surface area (Å²) in [6.45, 7) is 5.40. The SMILES string of the molecule is COc1ccc(C(C#N)N2CCN(CC(=O)N3CCCC3)CC2)cc1OC. The number of carbonyl (C=O) groups is 1. The molecular formula is C20H28N4O3. The minimum Gasteiger partial charge on any atom is -0.493 e. The molecule has 7 heteroatoms. The number of benzene rings is 1. The van der Waals surface area contributed by atoms with Gasteiger partial charge in [0.2, 0.25) is 5.91 Å². The van der Waals surface area contributed by atoms with Crippen molar-refractivity contribution in [3.63, 3.8) is 0 Å². The molecule has 1 unspecified atom stereocenters. The summed E-state index contributed by atoms with van der Waals surface area (Å²) < 4.78 is 10.6. The second kappa shape index (κ2) is 9.07.